The fourth-order valence-electron chi connectivity index (χ4n) is 3.22. The zero-order valence-corrected chi connectivity index (χ0v) is 14.5. The van der Waals surface area contributed by atoms with E-state index in [1.807, 2.05) is 20.8 Å². The van der Waals surface area contributed by atoms with Crippen LogP contribution in [0.15, 0.2) is 0 Å². The molecular formula is C17H30N2O4. The van der Waals surface area contributed by atoms with Crippen molar-refractivity contribution in [2.75, 3.05) is 13.1 Å². The summed E-state index contributed by atoms with van der Waals surface area (Å²) < 4.78 is 5.39. The fraction of sp³-hybridized carbons (Fsp3) is 0.882. The van der Waals surface area contributed by atoms with Crippen molar-refractivity contribution in [2.45, 2.75) is 77.0 Å². The van der Waals surface area contributed by atoms with Gasteiger partial charge in [-0.2, -0.15) is 0 Å². The third-order valence-electron chi connectivity index (χ3n) is 4.49. The van der Waals surface area contributed by atoms with E-state index >= 15 is 0 Å². The first-order valence-corrected chi connectivity index (χ1v) is 8.71. The van der Waals surface area contributed by atoms with Gasteiger partial charge in [-0.25, -0.2) is 4.79 Å². The van der Waals surface area contributed by atoms with E-state index in [1.54, 1.807) is 4.90 Å². The zero-order valence-electron chi connectivity index (χ0n) is 14.5. The number of hydrogen-bond donors (Lipinski definition) is 2. The van der Waals surface area contributed by atoms with Crippen LogP contribution in [0.25, 0.3) is 0 Å². The van der Waals surface area contributed by atoms with E-state index < -0.39 is 5.60 Å². The minimum Gasteiger partial charge on any atom is -0.444 e. The Hall–Kier alpha value is -1.30. The van der Waals surface area contributed by atoms with E-state index in [4.69, 9.17) is 4.74 Å². The number of rotatable bonds is 2. The van der Waals surface area contributed by atoms with Crippen molar-refractivity contribution in [1.82, 2.24) is 10.2 Å². The van der Waals surface area contributed by atoms with Gasteiger partial charge in [0.05, 0.1) is 12.0 Å². The molecule has 2 N–H and O–H groups in total. The first-order valence-electron chi connectivity index (χ1n) is 8.71. The maximum absolute atomic E-state index is 12.4. The molecule has 2 amide bonds. The summed E-state index contributed by atoms with van der Waals surface area (Å²) in [5.41, 5.74) is -0.519. The van der Waals surface area contributed by atoms with Gasteiger partial charge >= 0.3 is 6.09 Å². The molecule has 6 heteroatoms. The minimum atomic E-state index is -0.519. The summed E-state index contributed by atoms with van der Waals surface area (Å²) in [5.74, 6) is -0.136. The van der Waals surface area contributed by atoms with Crippen LogP contribution in [-0.4, -0.2) is 52.8 Å². The van der Waals surface area contributed by atoms with E-state index in [1.165, 1.54) is 0 Å². The van der Waals surface area contributed by atoms with Gasteiger partial charge in [0.15, 0.2) is 0 Å². The molecule has 6 nitrogen and oxygen atoms in total. The molecular weight excluding hydrogens is 296 g/mol. The first kappa shape index (κ1) is 18.0. The monoisotopic (exact) mass is 326 g/mol. The minimum absolute atomic E-state index is 0.0275. The quantitative estimate of drug-likeness (QED) is 0.814. The second kappa shape index (κ2) is 7.51. The molecule has 132 valence electrons. The number of aliphatic hydroxyl groups is 1. The second-order valence-corrected chi connectivity index (χ2v) is 7.78. The molecule has 1 aliphatic heterocycles. The lowest BCUT2D eigenvalue weighted by Gasteiger charge is -2.34. The van der Waals surface area contributed by atoms with Crippen molar-refractivity contribution in [3.05, 3.63) is 0 Å². The zero-order chi connectivity index (χ0) is 17.0. The van der Waals surface area contributed by atoms with Crippen LogP contribution in [0.1, 0.15) is 59.3 Å². The van der Waals surface area contributed by atoms with Gasteiger partial charge in [0.1, 0.15) is 5.60 Å². The van der Waals surface area contributed by atoms with E-state index in [9.17, 15) is 14.7 Å². The van der Waals surface area contributed by atoms with E-state index in [2.05, 4.69) is 5.32 Å². The highest BCUT2D eigenvalue weighted by atomic mass is 16.6. The van der Waals surface area contributed by atoms with Crippen LogP contribution in [0.2, 0.25) is 0 Å². The lowest BCUT2D eigenvalue weighted by Crippen LogP contribution is -2.49. The van der Waals surface area contributed by atoms with Gasteiger partial charge in [-0.15, -0.1) is 0 Å². The van der Waals surface area contributed by atoms with Gasteiger partial charge in [-0.05, 0) is 59.3 Å². The van der Waals surface area contributed by atoms with Crippen LogP contribution < -0.4 is 5.32 Å². The molecule has 0 aromatic carbocycles. The van der Waals surface area contributed by atoms with Gasteiger partial charge in [0.25, 0.3) is 0 Å². The number of piperidine rings is 1. The molecule has 0 aromatic rings. The predicted molar refractivity (Wildman–Crippen MR) is 86.9 cm³/mol. The molecule has 2 fully saturated rings. The Balaban J connectivity index is 1.83. The molecule has 0 bridgehead atoms. The Kier molecular flexibility index (Phi) is 5.89. The number of likely N-dealkylation sites (tertiary alicyclic amines) is 1. The first-order chi connectivity index (χ1) is 10.7. The average molecular weight is 326 g/mol. The van der Waals surface area contributed by atoms with Crippen molar-refractivity contribution in [1.29, 1.82) is 0 Å². The summed E-state index contributed by atoms with van der Waals surface area (Å²) in [7, 11) is 0. The van der Waals surface area contributed by atoms with E-state index in [0.29, 0.717) is 13.1 Å². The number of amides is 2. The summed E-state index contributed by atoms with van der Waals surface area (Å²) in [6.45, 7) is 6.61. The second-order valence-electron chi connectivity index (χ2n) is 7.78. The molecule has 1 saturated heterocycles. The number of carbonyl (C=O) groups is 2. The molecule has 2 aliphatic rings. The summed E-state index contributed by atoms with van der Waals surface area (Å²) in [4.78, 5) is 26.2. The van der Waals surface area contributed by atoms with Crippen LogP contribution in [-0.2, 0) is 9.53 Å². The largest absolute Gasteiger partial charge is 0.444 e. The topological polar surface area (TPSA) is 78.9 Å². The molecule has 0 aromatic heterocycles. The lowest BCUT2D eigenvalue weighted by atomic mass is 9.91. The summed E-state index contributed by atoms with van der Waals surface area (Å²) in [5, 5.41) is 12.6. The summed E-state index contributed by atoms with van der Waals surface area (Å²) >= 11 is 0. The average Bonchev–Trinajstić information content (AvgIpc) is 2.48. The van der Waals surface area contributed by atoms with Crippen molar-refractivity contribution in [3.63, 3.8) is 0 Å². The van der Waals surface area contributed by atoms with Crippen molar-refractivity contribution < 1.29 is 19.4 Å². The SMILES string of the molecule is CC(C)(C)OC(=O)N1CCC[C@H](C(=O)NC2CCC(O)CC2)C1. The Labute approximate surface area is 138 Å². The van der Waals surface area contributed by atoms with E-state index in [-0.39, 0.29) is 30.1 Å². The normalized spacial score (nSPS) is 29.0. The highest BCUT2D eigenvalue weighted by Crippen LogP contribution is 2.22. The predicted octanol–water partition coefficient (Wildman–Crippen LogP) is 2.05. The van der Waals surface area contributed by atoms with E-state index in [0.717, 1.165) is 38.5 Å². The van der Waals surface area contributed by atoms with Crippen LogP contribution in [0.4, 0.5) is 4.79 Å². The van der Waals surface area contributed by atoms with Gasteiger partial charge in [-0.1, -0.05) is 0 Å². The molecule has 2 rings (SSSR count). The number of nitrogens with zero attached hydrogens (tertiary/aromatic N) is 1. The Bertz CT molecular complexity index is 425. The van der Waals surface area contributed by atoms with Crippen LogP contribution in [0.5, 0.6) is 0 Å². The number of nitrogens with one attached hydrogen (secondary N) is 1. The highest BCUT2D eigenvalue weighted by Gasteiger charge is 2.32. The molecule has 23 heavy (non-hydrogen) atoms. The van der Waals surface area contributed by atoms with Gasteiger partial charge < -0.3 is 20.1 Å². The molecule has 0 unspecified atom stereocenters. The summed E-state index contributed by atoms with van der Waals surface area (Å²) in [6.07, 6.45) is 4.22. The summed E-state index contributed by atoms with van der Waals surface area (Å²) in [6, 6.07) is 0.155. The highest BCUT2D eigenvalue weighted by molar-refractivity contribution is 5.80. The van der Waals surface area contributed by atoms with Crippen LogP contribution >= 0.6 is 0 Å². The standard InChI is InChI=1S/C17H30N2O4/c1-17(2,3)23-16(22)19-10-4-5-12(11-19)15(21)18-13-6-8-14(20)9-7-13/h12-14,20H,4-11H2,1-3H3,(H,18,21)/t12-,13?,14?/m0/s1. The number of ether oxygens (including phenoxy) is 1. The molecule has 1 aliphatic carbocycles. The van der Waals surface area contributed by atoms with Crippen LogP contribution in [0.3, 0.4) is 0 Å². The molecule has 0 spiro atoms. The van der Waals surface area contributed by atoms with Gasteiger partial charge in [0, 0.05) is 19.1 Å². The Morgan fingerprint density at radius 2 is 1.78 bits per heavy atom. The maximum Gasteiger partial charge on any atom is 0.410 e. The van der Waals surface area contributed by atoms with Crippen molar-refractivity contribution in [3.8, 4) is 0 Å². The maximum atomic E-state index is 12.4. The fourth-order valence-corrected chi connectivity index (χ4v) is 3.22. The number of carbonyl (C=O) groups excluding carboxylic acids is 2. The third-order valence-corrected chi connectivity index (χ3v) is 4.49. The molecule has 0 radical (unpaired) electrons. The smallest absolute Gasteiger partial charge is 0.410 e. The van der Waals surface area contributed by atoms with Crippen molar-refractivity contribution in [2.24, 2.45) is 5.92 Å². The molecule has 1 saturated carbocycles. The van der Waals surface area contributed by atoms with Gasteiger partial charge in [-0.3, -0.25) is 4.79 Å². The van der Waals surface area contributed by atoms with Gasteiger partial charge in [0.2, 0.25) is 5.91 Å². The van der Waals surface area contributed by atoms with Crippen molar-refractivity contribution >= 4 is 12.0 Å². The molecule has 1 heterocycles. The Morgan fingerprint density at radius 3 is 2.39 bits per heavy atom. The molecule has 1 atom stereocenters. The Morgan fingerprint density at radius 1 is 1.13 bits per heavy atom. The third kappa shape index (κ3) is 5.68. The lowest BCUT2D eigenvalue weighted by molar-refractivity contribution is -0.127. The van der Waals surface area contributed by atoms with Crippen LogP contribution in [0, 0.1) is 5.92 Å². The number of hydrogen-bond acceptors (Lipinski definition) is 4. The number of aliphatic hydroxyl groups excluding tert-OH is 1.